The minimum Gasteiger partial charge on any atom is -0.208 e. The van der Waals surface area contributed by atoms with Gasteiger partial charge in [-0.3, -0.25) is 0 Å². The number of hydrogen-bond acceptors (Lipinski definition) is 3. The van der Waals surface area contributed by atoms with Crippen molar-refractivity contribution in [2.45, 2.75) is 45.5 Å². The van der Waals surface area contributed by atoms with E-state index in [4.69, 9.17) is 15.0 Å². The van der Waals surface area contributed by atoms with Crippen LogP contribution in [0.1, 0.15) is 5.56 Å². The van der Waals surface area contributed by atoms with E-state index in [0.717, 1.165) is 62.2 Å². The van der Waals surface area contributed by atoms with Gasteiger partial charge in [0.1, 0.15) is 0 Å². The number of aromatic nitrogens is 3. The Morgan fingerprint density at radius 2 is 0.648 bits per heavy atom. The highest BCUT2D eigenvalue weighted by Crippen LogP contribution is 2.34. The molecular formula is C46H42F3N3Si2. The summed E-state index contributed by atoms with van der Waals surface area (Å²) >= 11 is 0. The second-order valence-electron chi connectivity index (χ2n) is 15.8. The molecule has 0 aliphatic rings. The third kappa shape index (κ3) is 8.20. The van der Waals surface area contributed by atoms with Gasteiger partial charge >= 0.3 is 6.18 Å². The summed E-state index contributed by atoms with van der Waals surface area (Å²) < 4.78 is 39.5. The van der Waals surface area contributed by atoms with E-state index >= 15 is 0 Å². The quantitative estimate of drug-likeness (QED) is 0.145. The standard InChI is InChI=1S/C46H42F3N3Si2/c1-53(2,3)41-24-18-32(19-25-41)43-50-44(33-20-26-42(27-21-33)54(4,5)6)52-45(51-43)39-15-9-14-38(30-39)37-13-8-12-36(29-37)35-11-7-10-34(28-35)31-16-22-40(23-17-31)46(47,48)49/h7-30H,1-6H3. The molecule has 1 aromatic heterocycles. The molecule has 54 heavy (non-hydrogen) atoms. The first-order chi connectivity index (χ1) is 25.6. The van der Waals surface area contributed by atoms with Gasteiger partial charge in [-0.15, -0.1) is 0 Å². The Morgan fingerprint density at radius 1 is 0.352 bits per heavy atom. The van der Waals surface area contributed by atoms with E-state index < -0.39 is 27.9 Å². The first-order valence-corrected chi connectivity index (χ1v) is 25.1. The number of benzene rings is 6. The van der Waals surface area contributed by atoms with Crippen molar-refractivity contribution in [2.75, 3.05) is 0 Å². The highest BCUT2D eigenvalue weighted by Gasteiger charge is 2.30. The maximum atomic E-state index is 13.2. The Labute approximate surface area is 317 Å². The predicted molar refractivity (Wildman–Crippen MR) is 223 cm³/mol. The van der Waals surface area contributed by atoms with Gasteiger partial charge in [-0.2, -0.15) is 13.2 Å². The lowest BCUT2D eigenvalue weighted by Gasteiger charge is -2.17. The molecule has 1 heterocycles. The van der Waals surface area contributed by atoms with E-state index in [1.165, 1.54) is 22.5 Å². The molecule has 0 spiro atoms. The molecule has 0 fully saturated rings. The SMILES string of the molecule is C[Si](C)(C)c1ccc(-c2nc(-c3ccc([Si](C)(C)C)cc3)nc(-c3cccc(-c4cccc(-c5cccc(-c6ccc(C(F)(F)F)cc6)c5)c4)c3)n2)cc1. The number of rotatable bonds is 8. The van der Waals surface area contributed by atoms with Crippen molar-refractivity contribution in [1.82, 2.24) is 15.0 Å². The molecule has 0 saturated heterocycles. The van der Waals surface area contributed by atoms with Crippen LogP contribution in [0.15, 0.2) is 146 Å². The van der Waals surface area contributed by atoms with Crippen molar-refractivity contribution in [1.29, 1.82) is 0 Å². The predicted octanol–water partition coefficient (Wildman–Crippen LogP) is 12.0. The second-order valence-corrected chi connectivity index (χ2v) is 25.9. The first kappa shape index (κ1) is 36.9. The van der Waals surface area contributed by atoms with Crippen LogP contribution in [0.3, 0.4) is 0 Å². The summed E-state index contributed by atoms with van der Waals surface area (Å²) in [5, 5.41) is 2.76. The zero-order valence-electron chi connectivity index (χ0n) is 31.3. The summed E-state index contributed by atoms with van der Waals surface area (Å²) in [6.07, 6.45) is -4.37. The van der Waals surface area contributed by atoms with Crippen LogP contribution in [0.2, 0.25) is 39.3 Å². The Kier molecular flexibility index (Phi) is 9.85. The van der Waals surface area contributed by atoms with Gasteiger partial charge in [-0.1, -0.05) is 165 Å². The Morgan fingerprint density at radius 3 is 1.00 bits per heavy atom. The van der Waals surface area contributed by atoms with Crippen molar-refractivity contribution in [3.63, 3.8) is 0 Å². The monoisotopic (exact) mass is 749 g/mol. The minimum atomic E-state index is -4.37. The largest absolute Gasteiger partial charge is 0.416 e. The summed E-state index contributed by atoms with van der Waals surface area (Å²) in [5.74, 6) is 1.86. The molecular weight excluding hydrogens is 708 g/mol. The molecule has 0 saturated carbocycles. The molecule has 0 amide bonds. The van der Waals surface area contributed by atoms with Crippen LogP contribution in [0.5, 0.6) is 0 Å². The van der Waals surface area contributed by atoms with Crippen LogP contribution in [0, 0.1) is 0 Å². The zero-order valence-corrected chi connectivity index (χ0v) is 33.3. The van der Waals surface area contributed by atoms with Crippen LogP contribution in [0.4, 0.5) is 13.2 Å². The van der Waals surface area contributed by atoms with Gasteiger partial charge in [0.25, 0.3) is 0 Å². The fraction of sp³-hybridized carbons (Fsp3) is 0.152. The smallest absolute Gasteiger partial charge is 0.208 e. The van der Waals surface area contributed by atoms with Gasteiger partial charge < -0.3 is 0 Å². The van der Waals surface area contributed by atoms with Crippen LogP contribution in [0.25, 0.3) is 67.5 Å². The molecule has 270 valence electrons. The summed E-state index contributed by atoms with van der Waals surface area (Å²) in [6.45, 7) is 14.0. The fourth-order valence-electron chi connectivity index (χ4n) is 6.45. The first-order valence-electron chi connectivity index (χ1n) is 18.1. The Bertz CT molecular complexity index is 2350. The average molecular weight is 750 g/mol. The van der Waals surface area contributed by atoms with Crippen molar-refractivity contribution in [2.24, 2.45) is 0 Å². The normalized spacial score (nSPS) is 12.2. The van der Waals surface area contributed by atoms with Crippen molar-refractivity contribution < 1.29 is 13.2 Å². The molecule has 8 heteroatoms. The second kappa shape index (κ2) is 14.4. The maximum absolute atomic E-state index is 13.2. The minimum absolute atomic E-state index is 0.598. The number of halogens is 3. The van der Waals surface area contributed by atoms with E-state index in [2.05, 4.69) is 112 Å². The van der Waals surface area contributed by atoms with E-state index in [1.807, 2.05) is 48.5 Å². The number of nitrogens with zero attached hydrogens (tertiary/aromatic N) is 3. The van der Waals surface area contributed by atoms with Crippen molar-refractivity contribution in [3.05, 3.63) is 151 Å². The number of hydrogen-bond donors (Lipinski definition) is 0. The van der Waals surface area contributed by atoms with Gasteiger partial charge in [0, 0.05) is 16.7 Å². The maximum Gasteiger partial charge on any atom is 0.416 e. The molecule has 3 nitrogen and oxygen atoms in total. The van der Waals surface area contributed by atoms with Gasteiger partial charge in [0.15, 0.2) is 17.5 Å². The molecule has 0 unspecified atom stereocenters. The lowest BCUT2D eigenvalue weighted by molar-refractivity contribution is -0.137. The van der Waals surface area contributed by atoms with Crippen LogP contribution in [-0.2, 0) is 6.18 Å². The van der Waals surface area contributed by atoms with E-state index in [0.29, 0.717) is 17.5 Å². The molecule has 0 N–H and O–H groups in total. The van der Waals surface area contributed by atoms with Crippen molar-refractivity contribution in [3.8, 4) is 67.5 Å². The molecule has 0 atom stereocenters. The molecule has 7 aromatic rings. The Balaban J connectivity index is 1.25. The topological polar surface area (TPSA) is 38.7 Å². The summed E-state index contributed by atoms with van der Waals surface area (Å²) in [7, 11) is -2.96. The van der Waals surface area contributed by atoms with Crippen molar-refractivity contribution >= 4 is 26.5 Å². The van der Waals surface area contributed by atoms with Gasteiger partial charge in [-0.05, 0) is 63.7 Å². The summed E-state index contributed by atoms with van der Waals surface area (Å²) in [4.78, 5) is 15.1. The van der Waals surface area contributed by atoms with Gasteiger partial charge in [0.2, 0.25) is 0 Å². The third-order valence-electron chi connectivity index (χ3n) is 9.71. The Hall–Kier alpha value is -5.45. The molecule has 7 rings (SSSR count). The molecule has 0 radical (unpaired) electrons. The number of alkyl halides is 3. The van der Waals surface area contributed by atoms with Crippen LogP contribution >= 0.6 is 0 Å². The molecule has 0 aliphatic heterocycles. The highest BCUT2D eigenvalue weighted by atomic mass is 28.3. The van der Waals surface area contributed by atoms with E-state index in [1.54, 1.807) is 0 Å². The summed E-state index contributed by atoms with van der Waals surface area (Å²) in [5.41, 5.74) is 7.69. The zero-order chi connectivity index (χ0) is 38.3. The third-order valence-corrected chi connectivity index (χ3v) is 13.8. The lowest BCUT2D eigenvalue weighted by Crippen LogP contribution is -2.37. The van der Waals surface area contributed by atoms with Gasteiger partial charge in [0.05, 0.1) is 21.7 Å². The molecule has 0 bridgehead atoms. The van der Waals surface area contributed by atoms with E-state index in [9.17, 15) is 13.2 Å². The lowest BCUT2D eigenvalue weighted by atomic mass is 9.95. The molecule has 0 aliphatic carbocycles. The van der Waals surface area contributed by atoms with Gasteiger partial charge in [-0.25, -0.2) is 15.0 Å². The molecule has 6 aromatic carbocycles. The fourth-order valence-corrected chi connectivity index (χ4v) is 8.78. The van der Waals surface area contributed by atoms with Crippen LogP contribution < -0.4 is 10.4 Å². The van der Waals surface area contributed by atoms with E-state index in [-0.39, 0.29) is 0 Å². The average Bonchev–Trinajstić information content (AvgIpc) is 3.17. The highest BCUT2D eigenvalue weighted by molar-refractivity contribution is 6.89. The summed E-state index contributed by atoms with van der Waals surface area (Å²) in [6, 6.07) is 47.0. The van der Waals surface area contributed by atoms with Crippen LogP contribution in [-0.4, -0.2) is 31.1 Å².